The largest absolute Gasteiger partial charge is 0.508 e. The maximum absolute atomic E-state index is 14.7. The number of phenols is 1. The van der Waals surface area contributed by atoms with Crippen molar-refractivity contribution >= 4 is 82.8 Å². The van der Waals surface area contributed by atoms with E-state index in [1.165, 1.54) is 52.0 Å². The quantitative estimate of drug-likeness (QED) is 0.0314. The summed E-state index contributed by atoms with van der Waals surface area (Å²) in [4.78, 5) is 195. The Hall–Kier alpha value is -9.42. The topological polar surface area (TPSA) is 586 Å². The van der Waals surface area contributed by atoms with E-state index in [0.717, 1.165) is 0 Å². The second-order valence-corrected chi connectivity index (χ2v) is 29.7. The van der Waals surface area contributed by atoms with Gasteiger partial charge in [-0.3, -0.25) is 67.1 Å². The molecule has 111 heavy (non-hydrogen) atoms. The van der Waals surface area contributed by atoms with E-state index in [0.29, 0.717) is 82.0 Å². The summed E-state index contributed by atoms with van der Waals surface area (Å²) < 4.78 is 0. The molecule has 35 heteroatoms. The highest BCUT2D eigenvalue weighted by Crippen LogP contribution is 2.17. The molecule has 15 atom stereocenters. The monoisotopic (exact) mass is 1560 g/mol. The van der Waals surface area contributed by atoms with E-state index < -0.39 is 191 Å². The average Bonchev–Trinajstić information content (AvgIpc) is 0.856. The minimum Gasteiger partial charge on any atom is -0.508 e. The Kier molecular flexibility index (Phi) is 45.0. The molecule has 0 unspecified atom stereocenters. The van der Waals surface area contributed by atoms with Gasteiger partial charge in [0.25, 0.3) is 0 Å². The zero-order valence-corrected chi connectivity index (χ0v) is 66.5. The fraction of sp³-hybridized carbons (Fsp3) is 0.658. The van der Waals surface area contributed by atoms with Gasteiger partial charge in [-0.25, -0.2) is 0 Å². The summed E-state index contributed by atoms with van der Waals surface area (Å²) in [6.07, 6.45) is 2.57. The molecule has 0 bridgehead atoms. The van der Waals surface area contributed by atoms with Gasteiger partial charge in [-0.15, -0.1) is 0 Å². The normalized spacial score (nSPS) is 15.4. The molecular formula is C76H128N18O17. The molecule has 0 aromatic heterocycles. The third-order valence-corrected chi connectivity index (χ3v) is 18.3. The SMILES string of the molecule is CC(C)C[C@H](NC(=O)[C@H](Cc1ccccc1)NC(=O)[C@H](Cc1ccc(O)cc1)NC(=O)[C@@H](NC(=O)[C@H](C)NC(=O)[C@H](C)NC(=O)[C@@H](NC(=O)[C@@H](NC(=O)[C@H](CCCCN)NC(=O)[C@H](CCCCN)NC(=O)[C@H](CCCCN)NC(=O)[C@@H](N)CCCCN)C(C)C)C(C)C)[C@@H](C)O)C(=O)N[C@H](C(=O)N[C@@H](C)C(=O)O)C(C)C. The number of phenolic OH excluding ortho intramolecular Hbond substituents is 1. The average molecular weight is 1570 g/mol. The van der Waals surface area contributed by atoms with Crippen LogP contribution in [0.15, 0.2) is 54.6 Å². The highest BCUT2D eigenvalue weighted by Gasteiger charge is 2.39. The van der Waals surface area contributed by atoms with Gasteiger partial charge >= 0.3 is 5.97 Å². The van der Waals surface area contributed by atoms with E-state index in [4.69, 9.17) is 28.7 Å². The molecule has 0 heterocycles. The van der Waals surface area contributed by atoms with Gasteiger partial charge in [0.2, 0.25) is 76.8 Å². The molecule has 0 saturated carbocycles. The first-order valence-electron chi connectivity index (χ1n) is 38.5. The van der Waals surface area contributed by atoms with Crippen LogP contribution in [0.1, 0.15) is 178 Å². The van der Waals surface area contributed by atoms with Gasteiger partial charge in [0.1, 0.15) is 84.3 Å². The van der Waals surface area contributed by atoms with Gasteiger partial charge in [-0.2, -0.15) is 0 Å². The van der Waals surface area contributed by atoms with Crippen molar-refractivity contribution in [3.63, 3.8) is 0 Å². The van der Waals surface area contributed by atoms with Crippen LogP contribution in [0, 0.1) is 23.7 Å². The predicted molar refractivity (Wildman–Crippen MR) is 417 cm³/mol. The number of aliphatic hydroxyl groups excluding tert-OH is 1. The Morgan fingerprint density at radius 2 is 0.622 bits per heavy atom. The predicted octanol–water partition coefficient (Wildman–Crippen LogP) is -2.14. The lowest BCUT2D eigenvalue weighted by molar-refractivity contribution is -0.142. The number of rotatable bonds is 53. The fourth-order valence-corrected chi connectivity index (χ4v) is 11.6. The second kappa shape index (κ2) is 51.2. The van der Waals surface area contributed by atoms with Crippen LogP contribution in [0.2, 0.25) is 0 Å². The lowest BCUT2D eigenvalue weighted by atomic mass is 9.98. The zero-order valence-electron chi connectivity index (χ0n) is 66.5. The van der Waals surface area contributed by atoms with Crippen molar-refractivity contribution in [3.8, 4) is 5.75 Å². The number of aliphatic carboxylic acids is 1. The van der Waals surface area contributed by atoms with Crippen molar-refractivity contribution < 1.29 is 82.4 Å². The number of nitrogens with two attached hydrogens (primary N) is 5. The van der Waals surface area contributed by atoms with Crippen molar-refractivity contribution in [2.75, 3.05) is 26.2 Å². The number of amides is 13. The van der Waals surface area contributed by atoms with Crippen molar-refractivity contribution in [3.05, 3.63) is 65.7 Å². The van der Waals surface area contributed by atoms with Gasteiger partial charge in [0.15, 0.2) is 0 Å². The standard InChI is InChI=1S/C76H128N18O17/c1-41(2)38-56(71(105)92-59(42(3)4)73(107)84-47(11)76(110)111)88-69(103)57(39-49-24-14-13-15-25-49)89-70(104)58(40-50-30-32-51(96)33-31-50)90-75(109)62(48(12)95)94-64(98)46(10)82-63(97)45(9)83-72(106)60(43(5)6)93-74(108)61(44(7)8)91-68(102)55(29-19-23-37-80)87-67(101)54(28-18-22-36-79)86-66(100)53(27-17-21-35-78)85-65(99)52(81)26-16-20-34-77/h13-15,24-25,30-33,41-48,52-62,95-96H,16-23,26-29,34-40,77-81H2,1-12H3,(H,82,97)(H,83,106)(H,84,107)(H,85,99)(H,86,100)(H,87,101)(H,88,103)(H,89,104)(H,90,109)(H,91,102)(H,92,105)(H,93,108)(H,94,98)(H,110,111)/t45-,46-,47-,48+,52-,53-,54-,55-,56-,57-,58-,59-,60-,61-,62-/m0/s1. The van der Waals surface area contributed by atoms with Crippen molar-refractivity contribution in [1.82, 2.24) is 69.1 Å². The smallest absolute Gasteiger partial charge is 0.325 e. The lowest BCUT2D eigenvalue weighted by Crippen LogP contribution is -2.62. The number of nitrogens with one attached hydrogen (secondary N) is 13. The molecule has 2 aromatic rings. The van der Waals surface area contributed by atoms with Gasteiger partial charge in [0.05, 0.1) is 12.1 Å². The van der Waals surface area contributed by atoms with E-state index in [1.807, 2.05) is 0 Å². The molecule has 624 valence electrons. The first-order chi connectivity index (χ1) is 52.3. The molecule has 0 aliphatic rings. The molecule has 0 aliphatic carbocycles. The highest BCUT2D eigenvalue weighted by atomic mass is 16.4. The summed E-state index contributed by atoms with van der Waals surface area (Å²) in [7, 11) is 0. The molecule has 13 amide bonds. The molecule has 0 spiro atoms. The number of unbranched alkanes of at least 4 members (excludes halogenated alkanes) is 4. The lowest BCUT2D eigenvalue weighted by Gasteiger charge is -2.30. The number of carboxylic acid groups (broad SMARTS) is 1. The Bertz CT molecular complexity index is 3310. The maximum Gasteiger partial charge on any atom is 0.325 e. The molecule has 0 radical (unpaired) electrons. The Morgan fingerprint density at radius 1 is 0.324 bits per heavy atom. The number of carbonyl (C=O) groups is 14. The van der Waals surface area contributed by atoms with Gasteiger partial charge in [-0.05, 0) is 178 Å². The molecule has 2 rings (SSSR count). The van der Waals surface area contributed by atoms with Crippen molar-refractivity contribution in [1.29, 1.82) is 0 Å². The van der Waals surface area contributed by atoms with Crippen LogP contribution in [0.3, 0.4) is 0 Å². The van der Waals surface area contributed by atoms with Gasteiger partial charge in [0, 0.05) is 12.8 Å². The summed E-state index contributed by atoms with van der Waals surface area (Å²) in [5, 5.41) is 64.6. The molecule has 2 aromatic carbocycles. The highest BCUT2D eigenvalue weighted by molar-refractivity contribution is 6.00. The molecule has 0 fully saturated rings. The molecular weight excluding hydrogens is 1440 g/mol. The summed E-state index contributed by atoms with van der Waals surface area (Å²) >= 11 is 0. The Labute approximate surface area is 651 Å². The molecule has 26 N–H and O–H groups in total. The van der Waals surface area contributed by atoms with E-state index >= 15 is 0 Å². The number of carbonyl (C=O) groups excluding carboxylic acids is 13. The molecule has 0 saturated heterocycles. The molecule has 0 aliphatic heterocycles. The van der Waals surface area contributed by atoms with E-state index in [1.54, 1.807) is 85.7 Å². The number of hydrogen-bond donors (Lipinski definition) is 21. The van der Waals surface area contributed by atoms with Crippen LogP contribution in [0.5, 0.6) is 5.75 Å². The number of hydrogen-bond acceptors (Lipinski definition) is 21. The summed E-state index contributed by atoms with van der Waals surface area (Å²) in [5.74, 6) is -14.2. The van der Waals surface area contributed by atoms with Crippen LogP contribution < -0.4 is 97.8 Å². The summed E-state index contributed by atoms with van der Waals surface area (Å²) in [6.45, 7) is 19.6. The van der Waals surface area contributed by atoms with Gasteiger partial charge in [-0.1, -0.05) is 104 Å². The van der Waals surface area contributed by atoms with E-state index in [9.17, 15) is 82.4 Å². The fourth-order valence-electron chi connectivity index (χ4n) is 11.6. The minimum atomic E-state index is -1.81. The third-order valence-electron chi connectivity index (χ3n) is 18.3. The second-order valence-electron chi connectivity index (χ2n) is 29.7. The van der Waals surface area contributed by atoms with Crippen LogP contribution in [-0.4, -0.2) is 215 Å². The number of benzene rings is 2. The van der Waals surface area contributed by atoms with Crippen LogP contribution >= 0.6 is 0 Å². The number of aromatic hydroxyl groups is 1. The van der Waals surface area contributed by atoms with Crippen molar-refractivity contribution in [2.45, 2.75) is 270 Å². The summed E-state index contributed by atoms with van der Waals surface area (Å²) in [6, 6.07) is -4.56. The van der Waals surface area contributed by atoms with Gasteiger partial charge < -0.3 is 113 Å². The van der Waals surface area contributed by atoms with Crippen LogP contribution in [-0.2, 0) is 80.0 Å². The van der Waals surface area contributed by atoms with Crippen molar-refractivity contribution in [2.24, 2.45) is 52.3 Å². The van der Waals surface area contributed by atoms with Crippen LogP contribution in [0.4, 0.5) is 0 Å². The minimum absolute atomic E-state index is 0.0475. The first-order valence-corrected chi connectivity index (χ1v) is 38.5. The van der Waals surface area contributed by atoms with Crippen LogP contribution in [0.25, 0.3) is 0 Å². The first kappa shape index (κ1) is 97.7. The van der Waals surface area contributed by atoms with E-state index in [2.05, 4.69) is 69.1 Å². The Morgan fingerprint density at radius 3 is 1.02 bits per heavy atom. The summed E-state index contributed by atoms with van der Waals surface area (Å²) in [5.41, 5.74) is 30.1. The molecule has 35 nitrogen and oxygen atoms in total. The zero-order chi connectivity index (χ0) is 83.8. The maximum atomic E-state index is 14.7. The Balaban J connectivity index is 2.38. The number of aliphatic hydroxyl groups is 1. The number of carboxylic acids is 1. The third kappa shape index (κ3) is 36.1. The van der Waals surface area contributed by atoms with E-state index in [-0.39, 0.29) is 63.3 Å².